The number of aliphatic hydroxyl groups excluding tert-OH is 2. The van der Waals surface area contributed by atoms with Crippen LogP contribution in [-0.2, 0) is 9.59 Å². The molecule has 1 amide bonds. The van der Waals surface area contributed by atoms with E-state index in [4.69, 9.17) is 0 Å². The minimum Gasteiger partial charge on any atom is -0.392 e. The smallest absolute Gasteiger partial charge is 0.223 e. The minimum atomic E-state index is -1.15. The number of hydrogen-bond donors (Lipinski definition) is 3. The van der Waals surface area contributed by atoms with Gasteiger partial charge < -0.3 is 15.5 Å². The fourth-order valence-corrected chi connectivity index (χ4v) is 4.87. The number of aromatic nitrogens is 1. The summed E-state index contributed by atoms with van der Waals surface area (Å²) >= 11 is 1.58. The molecule has 33 heavy (non-hydrogen) atoms. The van der Waals surface area contributed by atoms with Crippen LogP contribution >= 0.6 is 11.3 Å². The molecular formula is C26H40N2O4S. The Morgan fingerprint density at radius 3 is 2.58 bits per heavy atom. The maximum absolute atomic E-state index is 13.1. The van der Waals surface area contributed by atoms with E-state index in [1.807, 2.05) is 32.2 Å². The summed E-state index contributed by atoms with van der Waals surface area (Å²) < 4.78 is 0. The maximum Gasteiger partial charge on any atom is 0.223 e. The standard InChI is InChI=1S/C26H40N2O4S/c1-16-11-9-7-8-10-12-21(17(2)13-20-15-33-19(4)27-20)28-23(30)14-22(29)26(5,6)25(32)18(3)24(16)31/h8,10,13,15-16,18,21-22,24,29,31H,7,9,11-12,14H2,1-6H3,(H,28,30). The lowest BCUT2D eigenvalue weighted by Gasteiger charge is -2.34. The summed E-state index contributed by atoms with van der Waals surface area (Å²) in [6.45, 7) is 10.9. The molecule has 0 bridgehead atoms. The Morgan fingerprint density at radius 1 is 1.24 bits per heavy atom. The van der Waals surface area contributed by atoms with Crippen LogP contribution in [0.15, 0.2) is 23.1 Å². The highest BCUT2D eigenvalue weighted by atomic mass is 32.1. The largest absolute Gasteiger partial charge is 0.392 e. The molecule has 6 nitrogen and oxygen atoms in total. The van der Waals surface area contributed by atoms with E-state index < -0.39 is 23.5 Å². The van der Waals surface area contributed by atoms with Gasteiger partial charge in [0.05, 0.1) is 40.8 Å². The Morgan fingerprint density at radius 2 is 1.94 bits per heavy atom. The predicted octanol–water partition coefficient (Wildman–Crippen LogP) is 4.45. The normalized spacial score (nSPS) is 30.8. The predicted molar refractivity (Wildman–Crippen MR) is 134 cm³/mol. The van der Waals surface area contributed by atoms with Crippen molar-refractivity contribution in [2.24, 2.45) is 17.3 Å². The van der Waals surface area contributed by atoms with Crippen LogP contribution in [0.2, 0.25) is 0 Å². The number of rotatable bonds is 2. The molecule has 0 saturated heterocycles. The summed E-state index contributed by atoms with van der Waals surface area (Å²) in [4.78, 5) is 30.5. The number of ketones is 1. The summed E-state index contributed by atoms with van der Waals surface area (Å²) in [5.74, 6) is -1.17. The van der Waals surface area contributed by atoms with E-state index in [9.17, 15) is 19.8 Å². The Hall–Kier alpha value is -1.83. The Labute approximate surface area is 202 Å². The number of Topliss-reactive ketones (excluding diaryl/α,β-unsaturated/α-hetero) is 1. The fraction of sp³-hybridized carbons (Fsp3) is 0.654. The van der Waals surface area contributed by atoms with E-state index in [-0.39, 0.29) is 30.1 Å². The maximum atomic E-state index is 13.1. The van der Waals surface area contributed by atoms with E-state index in [0.717, 1.165) is 35.5 Å². The van der Waals surface area contributed by atoms with E-state index >= 15 is 0 Å². The number of carbonyl (C=O) groups is 2. The topological polar surface area (TPSA) is 99.5 Å². The Kier molecular flexibility index (Phi) is 10.0. The van der Waals surface area contributed by atoms with Gasteiger partial charge in [-0.3, -0.25) is 9.59 Å². The molecule has 1 aliphatic heterocycles. The first-order valence-corrected chi connectivity index (χ1v) is 12.8. The molecule has 1 aliphatic rings. The number of aliphatic hydroxyl groups is 2. The Bertz CT molecular complexity index is 873. The molecule has 184 valence electrons. The third kappa shape index (κ3) is 7.59. The van der Waals surface area contributed by atoms with Crippen molar-refractivity contribution >= 4 is 29.1 Å². The van der Waals surface area contributed by atoms with Gasteiger partial charge >= 0.3 is 0 Å². The lowest BCUT2D eigenvalue weighted by atomic mass is 9.73. The van der Waals surface area contributed by atoms with E-state index in [1.54, 1.807) is 32.1 Å². The van der Waals surface area contributed by atoms with E-state index in [1.165, 1.54) is 0 Å². The number of nitrogens with one attached hydrogen (secondary N) is 1. The van der Waals surface area contributed by atoms with Crippen molar-refractivity contribution in [2.75, 3.05) is 0 Å². The number of hydrogen-bond acceptors (Lipinski definition) is 6. The van der Waals surface area contributed by atoms with Crippen LogP contribution in [0.25, 0.3) is 6.08 Å². The summed E-state index contributed by atoms with van der Waals surface area (Å²) in [6.07, 6.45) is 7.29. The highest BCUT2D eigenvalue weighted by Gasteiger charge is 2.42. The number of nitrogens with zero attached hydrogens (tertiary/aromatic N) is 1. The Balaban J connectivity index is 2.27. The van der Waals surface area contributed by atoms with Crippen LogP contribution in [0, 0.1) is 24.2 Å². The second-order valence-electron chi connectivity index (χ2n) is 10.0. The van der Waals surface area contributed by atoms with E-state index in [2.05, 4.69) is 22.5 Å². The van der Waals surface area contributed by atoms with Gasteiger partial charge in [-0.1, -0.05) is 39.8 Å². The van der Waals surface area contributed by atoms with Gasteiger partial charge in [-0.05, 0) is 57.1 Å². The second kappa shape index (κ2) is 12.0. The van der Waals surface area contributed by atoms with Crippen molar-refractivity contribution in [1.82, 2.24) is 10.3 Å². The number of allylic oxidation sites excluding steroid dienone is 1. The molecule has 7 heteroatoms. The molecule has 2 rings (SSSR count). The highest BCUT2D eigenvalue weighted by Crippen LogP contribution is 2.31. The second-order valence-corrected chi connectivity index (χ2v) is 11.1. The fourth-order valence-electron chi connectivity index (χ4n) is 4.30. The molecule has 1 aromatic heterocycles. The van der Waals surface area contributed by atoms with Gasteiger partial charge in [-0.2, -0.15) is 0 Å². The van der Waals surface area contributed by atoms with Gasteiger partial charge in [0.2, 0.25) is 5.91 Å². The van der Waals surface area contributed by atoms with Crippen LogP contribution in [0.4, 0.5) is 0 Å². The highest BCUT2D eigenvalue weighted by molar-refractivity contribution is 7.09. The average Bonchev–Trinajstić information content (AvgIpc) is 3.16. The van der Waals surface area contributed by atoms with Gasteiger partial charge in [0.25, 0.3) is 0 Å². The zero-order chi connectivity index (χ0) is 24.8. The van der Waals surface area contributed by atoms with Gasteiger partial charge in [-0.25, -0.2) is 4.98 Å². The molecule has 0 fully saturated rings. The zero-order valence-electron chi connectivity index (χ0n) is 20.8. The number of thiazole rings is 1. The lowest BCUT2D eigenvalue weighted by molar-refractivity contribution is -0.143. The van der Waals surface area contributed by atoms with Gasteiger partial charge in [0.15, 0.2) is 0 Å². The first-order valence-electron chi connectivity index (χ1n) is 11.9. The molecule has 0 saturated carbocycles. The van der Waals surface area contributed by atoms with Gasteiger partial charge in [-0.15, -0.1) is 11.3 Å². The summed E-state index contributed by atoms with van der Waals surface area (Å²) in [6, 6.07) is -0.227. The van der Waals surface area contributed by atoms with Crippen LogP contribution in [0.1, 0.15) is 77.4 Å². The zero-order valence-corrected chi connectivity index (χ0v) is 21.6. The third-order valence-electron chi connectivity index (χ3n) is 6.82. The van der Waals surface area contributed by atoms with Crippen molar-refractivity contribution in [3.05, 3.63) is 33.8 Å². The van der Waals surface area contributed by atoms with Crippen molar-refractivity contribution in [3.8, 4) is 0 Å². The van der Waals surface area contributed by atoms with Crippen LogP contribution < -0.4 is 5.32 Å². The number of amides is 1. The van der Waals surface area contributed by atoms with Gasteiger partial charge in [0, 0.05) is 11.3 Å². The summed E-state index contributed by atoms with van der Waals surface area (Å²) in [7, 11) is 0. The summed E-state index contributed by atoms with van der Waals surface area (Å²) in [5, 5.41) is 27.5. The molecule has 0 radical (unpaired) electrons. The van der Waals surface area contributed by atoms with Crippen molar-refractivity contribution in [3.63, 3.8) is 0 Å². The lowest BCUT2D eigenvalue weighted by Crippen LogP contribution is -2.47. The molecule has 0 aliphatic carbocycles. The molecule has 1 aromatic rings. The van der Waals surface area contributed by atoms with E-state index in [0.29, 0.717) is 6.42 Å². The third-order valence-corrected chi connectivity index (χ3v) is 7.61. The molecular weight excluding hydrogens is 436 g/mol. The molecule has 0 aromatic carbocycles. The average molecular weight is 477 g/mol. The van der Waals surface area contributed by atoms with Crippen LogP contribution in [0.3, 0.4) is 0 Å². The number of carbonyl (C=O) groups excluding carboxylic acids is 2. The van der Waals surface area contributed by atoms with Crippen molar-refractivity contribution in [2.45, 2.75) is 91.9 Å². The van der Waals surface area contributed by atoms with Gasteiger partial charge in [0.1, 0.15) is 5.78 Å². The quantitative estimate of drug-likeness (QED) is 0.548. The first-order chi connectivity index (χ1) is 15.4. The molecule has 0 spiro atoms. The van der Waals surface area contributed by atoms with Crippen LogP contribution in [-0.4, -0.2) is 45.1 Å². The minimum absolute atomic E-state index is 0.0269. The summed E-state index contributed by atoms with van der Waals surface area (Å²) in [5.41, 5.74) is 0.704. The molecule has 2 heterocycles. The SMILES string of the molecule is CC(=Cc1csc(C)n1)C1CC=CCCCC(C)C(O)C(C)C(=O)C(C)(C)C(O)CC(=O)N1. The van der Waals surface area contributed by atoms with Crippen LogP contribution in [0.5, 0.6) is 0 Å². The molecule has 3 N–H and O–H groups in total. The van der Waals surface area contributed by atoms with Crippen molar-refractivity contribution in [1.29, 1.82) is 0 Å². The van der Waals surface area contributed by atoms with Crippen molar-refractivity contribution < 1.29 is 19.8 Å². The monoisotopic (exact) mass is 476 g/mol. The first kappa shape index (κ1) is 27.4. The molecule has 5 unspecified atom stereocenters. The number of aryl methyl sites for hydroxylation is 1. The molecule has 5 atom stereocenters.